The minimum absolute atomic E-state index is 0.401. The van der Waals surface area contributed by atoms with Crippen LogP contribution in [-0.4, -0.2) is 11.8 Å². The number of primary amides is 1. The first-order chi connectivity index (χ1) is 11.3. The fourth-order valence-electron chi connectivity index (χ4n) is 2.16. The summed E-state index contributed by atoms with van der Waals surface area (Å²) < 4.78 is 0. The molecule has 0 aliphatic carbocycles. The van der Waals surface area contributed by atoms with Gasteiger partial charge in [0.15, 0.2) is 0 Å². The first kappa shape index (κ1) is 18.0. The van der Waals surface area contributed by atoms with Crippen molar-refractivity contribution < 1.29 is 9.59 Å². The highest BCUT2D eigenvalue weighted by Crippen LogP contribution is 2.32. The van der Waals surface area contributed by atoms with E-state index in [9.17, 15) is 9.59 Å². The Morgan fingerprint density at radius 2 is 1.54 bits per heavy atom. The Kier molecular flexibility index (Phi) is 5.65. The Morgan fingerprint density at radius 1 is 0.917 bits per heavy atom. The van der Waals surface area contributed by atoms with Gasteiger partial charge in [-0.25, -0.2) is 0 Å². The zero-order valence-corrected chi connectivity index (χ0v) is 14.7. The second kappa shape index (κ2) is 7.51. The zero-order valence-electron chi connectivity index (χ0n) is 13.2. The SMILES string of the molecule is Cc1ccc(N(C(=O)/C=C\C(N)=O)c2cc(Cl)cc(Cl)c2)cc1C. The molecule has 0 bridgehead atoms. The van der Waals surface area contributed by atoms with Gasteiger partial charge in [-0.2, -0.15) is 0 Å². The fraction of sp³-hybridized carbons (Fsp3) is 0.111. The lowest BCUT2D eigenvalue weighted by Gasteiger charge is -2.23. The summed E-state index contributed by atoms with van der Waals surface area (Å²) in [4.78, 5) is 25.0. The molecule has 0 radical (unpaired) electrons. The number of aryl methyl sites for hydroxylation is 2. The fourth-order valence-corrected chi connectivity index (χ4v) is 2.68. The summed E-state index contributed by atoms with van der Waals surface area (Å²) in [5.41, 5.74) is 8.33. The van der Waals surface area contributed by atoms with Gasteiger partial charge >= 0.3 is 0 Å². The van der Waals surface area contributed by atoms with Crippen LogP contribution in [0.25, 0.3) is 0 Å². The van der Waals surface area contributed by atoms with Gasteiger partial charge in [0.05, 0.1) is 5.69 Å². The quantitative estimate of drug-likeness (QED) is 0.823. The molecule has 0 aliphatic rings. The van der Waals surface area contributed by atoms with Crippen LogP contribution >= 0.6 is 23.2 Å². The molecular formula is C18H16Cl2N2O2. The van der Waals surface area contributed by atoms with E-state index in [0.29, 0.717) is 21.4 Å². The van der Waals surface area contributed by atoms with E-state index in [1.165, 1.54) is 4.90 Å². The van der Waals surface area contributed by atoms with Gasteiger partial charge in [-0.1, -0.05) is 29.3 Å². The Balaban J connectivity index is 2.57. The number of carbonyl (C=O) groups is 2. The lowest BCUT2D eigenvalue weighted by molar-refractivity contribution is -0.115. The summed E-state index contributed by atoms with van der Waals surface area (Å²) in [5.74, 6) is -1.14. The molecule has 6 heteroatoms. The Bertz CT molecular complexity index is 812. The highest BCUT2D eigenvalue weighted by atomic mass is 35.5. The van der Waals surface area contributed by atoms with E-state index in [4.69, 9.17) is 28.9 Å². The van der Waals surface area contributed by atoms with Crippen LogP contribution in [-0.2, 0) is 9.59 Å². The molecule has 2 aromatic carbocycles. The summed E-state index contributed by atoms with van der Waals surface area (Å²) in [6, 6.07) is 10.4. The third kappa shape index (κ3) is 4.37. The van der Waals surface area contributed by atoms with Crippen molar-refractivity contribution in [1.29, 1.82) is 0 Å². The van der Waals surface area contributed by atoms with Gasteiger partial charge in [0.1, 0.15) is 0 Å². The van der Waals surface area contributed by atoms with E-state index in [1.54, 1.807) is 18.2 Å². The minimum atomic E-state index is -0.701. The molecule has 0 heterocycles. The molecule has 0 aromatic heterocycles. The van der Waals surface area contributed by atoms with Gasteiger partial charge in [0.25, 0.3) is 5.91 Å². The van der Waals surface area contributed by atoms with Gasteiger partial charge in [-0.3, -0.25) is 14.5 Å². The molecule has 24 heavy (non-hydrogen) atoms. The summed E-state index contributed by atoms with van der Waals surface area (Å²) in [6.45, 7) is 3.93. The second-order valence-electron chi connectivity index (χ2n) is 5.31. The van der Waals surface area contributed by atoms with Crippen LogP contribution in [0.5, 0.6) is 0 Å². The molecule has 0 saturated heterocycles. The van der Waals surface area contributed by atoms with Gasteiger partial charge in [-0.05, 0) is 55.3 Å². The number of halogens is 2. The molecule has 0 unspecified atom stereocenters. The number of nitrogens with two attached hydrogens (primary N) is 1. The normalized spacial score (nSPS) is 10.8. The molecule has 2 amide bonds. The van der Waals surface area contributed by atoms with Crippen molar-refractivity contribution in [3.63, 3.8) is 0 Å². The molecular weight excluding hydrogens is 347 g/mol. The van der Waals surface area contributed by atoms with E-state index >= 15 is 0 Å². The topological polar surface area (TPSA) is 63.4 Å². The Morgan fingerprint density at radius 3 is 2.08 bits per heavy atom. The summed E-state index contributed by atoms with van der Waals surface area (Å²) in [6.07, 6.45) is 2.13. The third-order valence-corrected chi connectivity index (χ3v) is 3.90. The lowest BCUT2D eigenvalue weighted by atomic mass is 10.1. The second-order valence-corrected chi connectivity index (χ2v) is 6.18. The van der Waals surface area contributed by atoms with E-state index in [-0.39, 0.29) is 0 Å². The number of amides is 2. The number of carbonyl (C=O) groups excluding carboxylic acids is 2. The van der Waals surface area contributed by atoms with Crippen LogP contribution < -0.4 is 10.6 Å². The smallest absolute Gasteiger partial charge is 0.255 e. The van der Waals surface area contributed by atoms with Crippen molar-refractivity contribution in [2.75, 3.05) is 4.90 Å². The van der Waals surface area contributed by atoms with E-state index in [0.717, 1.165) is 23.3 Å². The van der Waals surface area contributed by atoms with Crippen LogP contribution in [0, 0.1) is 13.8 Å². The van der Waals surface area contributed by atoms with Gasteiger partial charge in [0.2, 0.25) is 5.91 Å². The summed E-state index contributed by atoms with van der Waals surface area (Å²) in [7, 11) is 0. The van der Waals surface area contributed by atoms with Crippen LogP contribution in [0.1, 0.15) is 11.1 Å². The summed E-state index contributed by atoms with van der Waals surface area (Å²) >= 11 is 12.1. The van der Waals surface area contributed by atoms with Crippen molar-refractivity contribution in [3.8, 4) is 0 Å². The average molecular weight is 363 g/mol. The number of anilines is 2. The van der Waals surface area contributed by atoms with Gasteiger partial charge < -0.3 is 5.73 Å². The molecule has 124 valence electrons. The zero-order chi connectivity index (χ0) is 17.9. The number of rotatable bonds is 4. The number of hydrogen-bond donors (Lipinski definition) is 1. The maximum absolute atomic E-state index is 12.6. The van der Waals surface area contributed by atoms with Gasteiger partial charge in [0, 0.05) is 27.9 Å². The molecule has 0 atom stereocenters. The van der Waals surface area contributed by atoms with Crippen molar-refractivity contribution in [2.45, 2.75) is 13.8 Å². The molecule has 0 saturated carbocycles. The molecule has 0 aliphatic heterocycles. The van der Waals surface area contributed by atoms with Gasteiger partial charge in [-0.15, -0.1) is 0 Å². The van der Waals surface area contributed by atoms with Crippen LogP contribution in [0.4, 0.5) is 11.4 Å². The minimum Gasteiger partial charge on any atom is -0.366 e. The first-order valence-corrected chi connectivity index (χ1v) is 7.88. The van der Waals surface area contributed by atoms with E-state index in [1.807, 2.05) is 32.0 Å². The molecule has 4 nitrogen and oxygen atoms in total. The molecule has 0 spiro atoms. The Hall–Kier alpha value is -2.30. The number of nitrogens with zero attached hydrogens (tertiary/aromatic N) is 1. The predicted molar refractivity (Wildman–Crippen MR) is 97.9 cm³/mol. The lowest BCUT2D eigenvalue weighted by Crippen LogP contribution is -2.24. The summed E-state index contributed by atoms with van der Waals surface area (Å²) in [5, 5.41) is 0.802. The highest BCUT2D eigenvalue weighted by molar-refractivity contribution is 6.35. The standard InChI is InChI=1S/C18H16Cl2N2O2/c1-11-3-4-15(7-12(11)2)22(18(24)6-5-17(21)23)16-9-13(19)8-14(20)10-16/h3-10H,1-2H3,(H2,21,23)/b6-5-. The van der Waals surface area contributed by atoms with E-state index < -0.39 is 11.8 Å². The van der Waals surface area contributed by atoms with Crippen molar-refractivity contribution in [1.82, 2.24) is 0 Å². The monoisotopic (exact) mass is 362 g/mol. The van der Waals surface area contributed by atoms with Crippen LogP contribution in [0.15, 0.2) is 48.6 Å². The van der Waals surface area contributed by atoms with E-state index in [2.05, 4.69) is 0 Å². The van der Waals surface area contributed by atoms with Crippen molar-refractivity contribution in [3.05, 3.63) is 69.7 Å². The van der Waals surface area contributed by atoms with Crippen LogP contribution in [0.3, 0.4) is 0 Å². The maximum Gasteiger partial charge on any atom is 0.255 e. The average Bonchev–Trinajstić information content (AvgIpc) is 2.48. The largest absolute Gasteiger partial charge is 0.366 e. The van der Waals surface area contributed by atoms with Crippen LogP contribution in [0.2, 0.25) is 10.0 Å². The van der Waals surface area contributed by atoms with Crippen molar-refractivity contribution in [2.24, 2.45) is 5.73 Å². The molecule has 2 aromatic rings. The maximum atomic E-state index is 12.6. The van der Waals surface area contributed by atoms with Crippen molar-refractivity contribution >= 4 is 46.4 Å². The predicted octanol–water partition coefficient (Wildman–Crippen LogP) is 4.32. The molecule has 2 N–H and O–H groups in total. The number of hydrogen-bond acceptors (Lipinski definition) is 2. The molecule has 0 fully saturated rings. The first-order valence-electron chi connectivity index (χ1n) is 7.13. The molecule has 2 rings (SSSR count). The Labute approximate surface area is 150 Å². The number of benzene rings is 2. The highest BCUT2D eigenvalue weighted by Gasteiger charge is 2.18. The third-order valence-electron chi connectivity index (χ3n) is 3.46.